The molecule has 0 aromatic heterocycles. The monoisotopic (exact) mass is 331 g/mol. The molecule has 0 fully saturated rings. The average Bonchev–Trinajstić information content (AvgIpc) is 2.52. The van der Waals surface area contributed by atoms with Crippen LogP contribution in [0, 0.1) is 0 Å². The number of nitrogens with zero attached hydrogens (tertiary/aromatic N) is 1. The zero-order chi connectivity index (χ0) is 17.6. The Morgan fingerprint density at radius 2 is 2.04 bits per heavy atom. The number of carbonyl (C=O) groups is 1. The highest BCUT2D eigenvalue weighted by molar-refractivity contribution is 5.69. The molecule has 0 saturated heterocycles. The van der Waals surface area contributed by atoms with E-state index in [1.807, 2.05) is 43.9 Å². The van der Waals surface area contributed by atoms with Crippen LogP contribution in [0.5, 0.6) is 0 Å². The molecule has 1 unspecified atom stereocenters. The SMILES string of the molecule is CC(C)(C)OC(=O)N1Cc2ccccc2CC1CNC/C=C/CN. The molecule has 1 amide bonds. The van der Waals surface area contributed by atoms with Crippen molar-refractivity contribution >= 4 is 6.09 Å². The molecule has 5 heteroatoms. The summed E-state index contributed by atoms with van der Waals surface area (Å²) in [6.45, 7) is 8.30. The predicted molar refractivity (Wildman–Crippen MR) is 96.8 cm³/mol. The number of rotatable bonds is 5. The minimum atomic E-state index is -0.490. The maximum atomic E-state index is 12.6. The topological polar surface area (TPSA) is 67.6 Å². The standard InChI is InChI=1S/C19H29N3O2/c1-19(2,3)24-18(23)22-14-16-9-5-4-8-15(16)12-17(22)13-21-11-7-6-10-20/h4-9,17,21H,10-14,20H2,1-3H3/b7-6+. The number of carbonyl (C=O) groups excluding carboxylic acids is 1. The molecule has 0 saturated carbocycles. The first-order valence-electron chi connectivity index (χ1n) is 8.53. The van der Waals surface area contributed by atoms with Gasteiger partial charge >= 0.3 is 6.09 Å². The number of nitrogens with two attached hydrogens (primary N) is 1. The molecule has 1 aliphatic heterocycles. The van der Waals surface area contributed by atoms with Crippen LogP contribution in [0.1, 0.15) is 31.9 Å². The minimum absolute atomic E-state index is 0.0843. The first-order valence-corrected chi connectivity index (χ1v) is 8.53. The Hall–Kier alpha value is -1.85. The Morgan fingerprint density at radius 1 is 1.33 bits per heavy atom. The quantitative estimate of drug-likeness (QED) is 0.642. The lowest BCUT2D eigenvalue weighted by atomic mass is 9.94. The van der Waals surface area contributed by atoms with E-state index in [2.05, 4.69) is 23.5 Å². The van der Waals surface area contributed by atoms with Crippen LogP contribution in [0.4, 0.5) is 4.79 Å². The fourth-order valence-corrected chi connectivity index (χ4v) is 2.82. The van der Waals surface area contributed by atoms with Gasteiger partial charge in [-0.3, -0.25) is 4.90 Å². The van der Waals surface area contributed by atoms with Crippen LogP contribution in [0.2, 0.25) is 0 Å². The highest BCUT2D eigenvalue weighted by Gasteiger charge is 2.32. The van der Waals surface area contributed by atoms with E-state index in [-0.39, 0.29) is 12.1 Å². The molecule has 2 rings (SSSR count). The first kappa shape index (κ1) is 18.5. The Bertz CT molecular complexity index is 578. The molecular formula is C19H29N3O2. The van der Waals surface area contributed by atoms with E-state index in [0.717, 1.165) is 19.5 Å². The molecule has 0 radical (unpaired) electrons. The Labute approximate surface area is 144 Å². The maximum Gasteiger partial charge on any atom is 0.410 e. The van der Waals surface area contributed by atoms with Gasteiger partial charge in [-0.1, -0.05) is 36.4 Å². The zero-order valence-corrected chi connectivity index (χ0v) is 14.9. The zero-order valence-electron chi connectivity index (χ0n) is 14.9. The maximum absolute atomic E-state index is 12.6. The van der Waals surface area contributed by atoms with Crippen LogP contribution in [-0.2, 0) is 17.7 Å². The van der Waals surface area contributed by atoms with Gasteiger partial charge in [0.1, 0.15) is 5.60 Å². The number of hydrogen-bond acceptors (Lipinski definition) is 4. The van der Waals surface area contributed by atoms with Crippen LogP contribution in [0.15, 0.2) is 36.4 Å². The summed E-state index contributed by atoms with van der Waals surface area (Å²) in [7, 11) is 0. The van der Waals surface area contributed by atoms with Crippen molar-refractivity contribution < 1.29 is 9.53 Å². The number of amides is 1. The molecule has 132 valence electrons. The molecule has 0 spiro atoms. The second kappa shape index (κ2) is 8.31. The third kappa shape index (κ3) is 5.35. The van der Waals surface area contributed by atoms with Gasteiger partial charge in [0.25, 0.3) is 0 Å². The lowest BCUT2D eigenvalue weighted by Crippen LogP contribution is -2.50. The fourth-order valence-electron chi connectivity index (χ4n) is 2.82. The molecule has 1 aliphatic rings. The predicted octanol–water partition coefficient (Wildman–Crippen LogP) is 2.45. The van der Waals surface area contributed by atoms with E-state index in [0.29, 0.717) is 13.1 Å². The molecular weight excluding hydrogens is 302 g/mol. The van der Waals surface area contributed by atoms with Gasteiger partial charge < -0.3 is 15.8 Å². The molecule has 1 aromatic rings. The van der Waals surface area contributed by atoms with E-state index in [1.165, 1.54) is 11.1 Å². The number of ether oxygens (including phenoxy) is 1. The van der Waals surface area contributed by atoms with Crippen molar-refractivity contribution in [2.24, 2.45) is 5.73 Å². The molecule has 24 heavy (non-hydrogen) atoms. The van der Waals surface area contributed by atoms with Crippen molar-refractivity contribution in [1.82, 2.24) is 10.2 Å². The summed E-state index contributed by atoms with van der Waals surface area (Å²) in [4.78, 5) is 14.5. The van der Waals surface area contributed by atoms with Gasteiger partial charge in [-0.2, -0.15) is 0 Å². The molecule has 1 heterocycles. The van der Waals surface area contributed by atoms with Crippen molar-refractivity contribution in [2.75, 3.05) is 19.6 Å². The van der Waals surface area contributed by atoms with E-state index in [4.69, 9.17) is 10.5 Å². The van der Waals surface area contributed by atoms with Crippen molar-refractivity contribution in [3.8, 4) is 0 Å². The van der Waals surface area contributed by atoms with Gasteiger partial charge in [0, 0.05) is 26.2 Å². The smallest absolute Gasteiger partial charge is 0.410 e. The second-order valence-corrected chi connectivity index (χ2v) is 7.10. The second-order valence-electron chi connectivity index (χ2n) is 7.10. The largest absolute Gasteiger partial charge is 0.444 e. The summed E-state index contributed by atoms with van der Waals surface area (Å²) in [5.74, 6) is 0. The summed E-state index contributed by atoms with van der Waals surface area (Å²) in [6, 6.07) is 8.38. The van der Waals surface area contributed by atoms with E-state index in [1.54, 1.807) is 0 Å². The fraction of sp³-hybridized carbons (Fsp3) is 0.526. The molecule has 1 aromatic carbocycles. The molecule has 3 N–H and O–H groups in total. The van der Waals surface area contributed by atoms with Crippen LogP contribution in [0.3, 0.4) is 0 Å². The van der Waals surface area contributed by atoms with E-state index >= 15 is 0 Å². The van der Waals surface area contributed by atoms with Gasteiger partial charge in [-0.05, 0) is 38.3 Å². The molecule has 1 atom stereocenters. The van der Waals surface area contributed by atoms with Crippen LogP contribution < -0.4 is 11.1 Å². The Kier molecular flexibility index (Phi) is 6.40. The van der Waals surface area contributed by atoms with Crippen molar-refractivity contribution in [3.63, 3.8) is 0 Å². The Morgan fingerprint density at radius 3 is 2.71 bits per heavy atom. The van der Waals surface area contributed by atoms with Crippen molar-refractivity contribution in [3.05, 3.63) is 47.5 Å². The van der Waals surface area contributed by atoms with Crippen molar-refractivity contribution in [2.45, 2.75) is 45.4 Å². The van der Waals surface area contributed by atoms with Crippen LogP contribution in [0.25, 0.3) is 0 Å². The lowest BCUT2D eigenvalue weighted by molar-refractivity contribution is 0.0120. The number of hydrogen-bond donors (Lipinski definition) is 2. The van der Waals surface area contributed by atoms with E-state index in [9.17, 15) is 4.79 Å². The summed E-state index contributed by atoms with van der Waals surface area (Å²) in [6.07, 6.45) is 4.52. The van der Waals surface area contributed by atoms with Gasteiger partial charge in [-0.25, -0.2) is 4.79 Å². The number of benzene rings is 1. The number of fused-ring (bicyclic) bond motifs is 1. The van der Waals surface area contributed by atoms with Crippen LogP contribution in [-0.4, -0.2) is 42.3 Å². The van der Waals surface area contributed by atoms with E-state index < -0.39 is 5.60 Å². The molecule has 0 aliphatic carbocycles. The highest BCUT2D eigenvalue weighted by atomic mass is 16.6. The lowest BCUT2D eigenvalue weighted by Gasteiger charge is -2.38. The highest BCUT2D eigenvalue weighted by Crippen LogP contribution is 2.25. The molecule has 5 nitrogen and oxygen atoms in total. The van der Waals surface area contributed by atoms with Gasteiger partial charge in [0.05, 0.1) is 6.04 Å². The van der Waals surface area contributed by atoms with Gasteiger partial charge in [0.15, 0.2) is 0 Å². The summed E-state index contributed by atoms with van der Waals surface area (Å²) in [5, 5.41) is 3.38. The average molecular weight is 331 g/mol. The normalized spacial score (nSPS) is 17.8. The summed E-state index contributed by atoms with van der Waals surface area (Å²) in [5.41, 5.74) is 7.46. The number of nitrogens with one attached hydrogen (secondary N) is 1. The molecule has 0 bridgehead atoms. The van der Waals surface area contributed by atoms with Gasteiger partial charge in [-0.15, -0.1) is 0 Å². The first-order chi connectivity index (χ1) is 11.4. The van der Waals surface area contributed by atoms with Crippen molar-refractivity contribution in [1.29, 1.82) is 0 Å². The minimum Gasteiger partial charge on any atom is -0.444 e. The van der Waals surface area contributed by atoms with Crippen LogP contribution >= 0.6 is 0 Å². The summed E-state index contributed by atoms with van der Waals surface area (Å²) < 4.78 is 5.60. The third-order valence-corrected chi connectivity index (χ3v) is 3.93. The third-order valence-electron chi connectivity index (χ3n) is 3.93. The van der Waals surface area contributed by atoms with Gasteiger partial charge in [0.2, 0.25) is 0 Å². The Balaban J connectivity index is 2.08. The summed E-state index contributed by atoms with van der Waals surface area (Å²) >= 11 is 0.